The van der Waals surface area contributed by atoms with Crippen LogP contribution < -0.4 is 0 Å². The van der Waals surface area contributed by atoms with Gasteiger partial charge >= 0.3 is 0 Å². The number of rotatable bonds is 7. The molecule has 5 rings (SSSR count). The number of fused-ring (bicyclic) bond motifs is 1. The molecule has 0 unspecified atom stereocenters. The van der Waals surface area contributed by atoms with Crippen LogP contribution in [0.1, 0.15) is 30.1 Å². The smallest absolute Gasteiger partial charge is 0.123 e. The Kier molecular flexibility index (Phi) is 6.33. The van der Waals surface area contributed by atoms with E-state index in [1.165, 1.54) is 17.2 Å². The van der Waals surface area contributed by atoms with Crippen molar-refractivity contribution in [2.45, 2.75) is 31.6 Å². The molecule has 0 atom stereocenters. The molecular weight excluding hydrogens is 399 g/mol. The van der Waals surface area contributed by atoms with Crippen molar-refractivity contribution < 1.29 is 9.13 Å². The largest absolute Gasteiger partial charge is 0.365 e. The Morgan fingerprint density at radius 1 is 0.781 bits per heavy atom. The van der Waals surface area contributed by atoms with Crippen LogP contribution in [0.4, 0.5) is 4.39 Å². The zero-order valence-electron chi connectivity index (χ0n) is 18.2. The SMILES string of the molecule is Fc1ccc2cn(CCN3CCC(OC(c4ccccc4)c4ccccc4)CC3)cc2c1. The molecule has 1 fully saturated rings. The standard InChI is InChI=1S/C28H29FN2O/c29-26-12-11-24-20-31(21-25(24)19-26)18-17-30-15-13-27(14-16-30)32-28(22-7-3-1-4-8-22)23-9-5-2-6-10-23/h1-12,19-21,27-28H,13-18H2. The highest BCUT2D eigenvalue weighted by molar-refractivity contribution is 5.82. The maximum Gasteiger partial charge on any atom is 0.123 e. The van der Waals surface area contributed by atoms with Gasteiger partial charge in [-0.25, -0.2) is 4.39 Å². The minimum absolute atomic E-state index is 0.0263. The minimum Gasteiger partial charge on any atom is -0.365 e. The molecule has 0 spiro atoms. The van der Waals surface area contributed by atoms with E-state index in [-0.39, 0.29) is 18.0 Å². The molecular formula is C28H29FN2O. The summed E-state index contributed by atoms with van der Waals surface area (Å²) < 4.78 is 22.3. The molecule has 0 saturated carbocycles. The molecule has 2 heterocycles. The van der Waals surface area contributed by atoms with E-state index < -0.39 is 0 Å². The zero-order chi connectivity index (χ0) is 21.8. The van der Waals surface area contributed by atoms with Crippen LogP contribution >= 0.6 is 0 Å². The van der Waals surface area contributed by atoms with Crippen LogP contribution in [0.5, 0.6) is 0 Å². The number of hydrogen-bond donors (Lipinski definition) is 0. The Balaban J connectivity index is 1.17. The molecule has 0 radical (unpaired) electrons. The van der Waals surface area contributed by atoms with Gasteiger partial charge < -0.3 is 14.2 Å². The lowest BCUT2D eigenvalue weighted by molar-refractivity contribution is -0.0272. The second kappa shape index (κ2) is 9.68. The van der Waals surface area contributed by atoms with Gasteiger partial charge in [-0.2, -0.15) is 0 Å². The second-order valence-corrected chi connectivity index (χ2v) is 8.65. The summed E-state index contributed by atoms with van der Waals surface area (Å²) in [5, 5.41) is 2.05. The van der Waals surface area contributed by atoms with E-state index in [1.807, 2.05) is 24.4 Å². The average Bonchev–Trinajstić information content (AvgIpc) is 3.25. The molecule has 1 aromatic heterocycles. The van der Waals surface area contributed by atoms with Gasteiger partial charge in [-0.3, -0.25) is 0 Å². The lowest BCUT2D eigenvalue weighted by Crippen LogP contribution is -2.39. The molecule has 0 amide bonds. The van der Waals surface area contributed by atoms with E-state index in [1.54, 1.807) is 6.07 Å². The fourth-order valence-electron chi connectivity index (χ4n) is 4.62. The van der Waals surface area contributed by atoms with Crippen molar-refractivity contribution in [2.24, 2.45) is 0 Å². The maximum absolute atomic E-state index is 13.4. The summed E-state index contributed by atoms with van der Waals surface area (Å²) in [6.45, 7) is 3.99. The molecule has 4 heteroatoms. The predicted octanol–water partition coefficient (Wildman–Crippen LogP) is 6.05. The number of benzene rings is 3. The van der Waals surface area contributed by atoms with E-state index >= 15 is 0 Å². The number of piperidine rings is 1. The van der Waals surface area contributed by atoms with E-state index in [2.05, 4.69) is 64.2 Å². The highest BCUT2D eigenvalue weighted by Crippen LogP contribution is 2.30. The van der Waals surface area contributed by atoms with Gasteiger partial charge in [0.1, 0.15) is 11.9 Å². The van der Waals surface area contributed by atoms with E-state index in [9.17, 15) is 4.39 Å². The fraction of sp³-hybridized carbons (Fsp3) is 0.286. The first-order valence-electron chi connectivity index (χ1n) is 11.5. The molecule has 3 aromatic carbocycles. The van der Waals surface area contributed by atoms with Crippen molar-refractivity contribution in [3.63, 3.8) is 0 Å². The van der Waals surface area contributed by atoms with Crippen LogP contribution in [-0.4, -0.2) is 35.2 Å². The number of ether oxygens (including phenoxy) is 1. The number of likely N-dealkylation sites (tertiary alicyclic amines) is 1. The van der Waals surface area contributed by atoms with Gasteiger partial charge in [0, 0.05) is 44.0 Å². The minimum atomic E-state index is -0.179. The quantitative estimate of drug-likeness (QED) is 0.356. The number of aromatic nitrogens is 1. The molecule has 164 valence electrons. The first-order valence-corrected chi connectivity index (χ1v) is 11.5. The molecule has 1 aliphatic heterocycles. The van der Waals surface area contributed by atoms with Gasteiger partial charge in [0.2, 0.25) is 0 Å². The molecule has 0 bridgehead atoms. The Bertz CT molecular complexity index is 1090. The van der Waals surface area contributed by atoms with Crippen LogP contribution in [0, 0.1) is 5.82 Å². The highest BCUT2D eigenvalue weighted by atomic mass is 19.1. The van der Waals surface area contributed by atoms with Gasteiger partial charge in [-0.1, -0.05) is 60.7 Å². The monoisotopic (exact) mass is 428 g/mol. The lowest BCUT2D eigenvalue weighted by Gasteiger charge is -2.34. The number of nitrogens with zero attached hydrogens (tertiary/aromatic N) is 2. The van der Waals surface area contributed by atoms with Crippen molar-refractivity contribution in [3.8, 4) is 0 Å². The van der Waals surface area contributed by atoms with Gasteiger partial charge in [0.15, 0.2) is 0 Å². The first kappa shape index (κ1) is 20.9. The van der Waals surface area contributed by atoms with Gasteiger partial charge in [0.05, 0.1) is 6.10 Å². The van der Waals surface area contributed by atoms with Crippen LogP contribution in [0.25, 0.3) is 10.8 Å². The van der Waals surface area contributed by atoms with E-state index in [4.69, 9.17) is 4.74 Å². The molecule has 1 aliphatic rings. The normalized spacial score (nSPS) is 15.6. The predicted molar refractivity (Wildman–Crippen MR) is 127 cm³/mol. The molecule has 0 aliphatic carbocycles. The fourth-order valence-corrected chi connectivity index (χ4v) is 4.62. The lowest BCUT2D eigenvalue weighted by atomic mass is 10.00. The van der Waals surface area contributed by atoms with Crippen molar-refractivity contribution in [1.29, 1.82) is 0 Å². The van der Waals surface area contributed by atoms with Crippen LogP contribution in [0.15, 0.2) is 91.3 Å². The number of hydrogen-bond acceptors (Lipinski definition) is 2. The number of halogens is 1. The maximum atomic E-state index is 13.4. The van der Waals surface area contributed by atoms with Gasteiger partial charge in [-0.05, 0) is 47.6 Å². The van der Waals surface area contributed by atoms with Gasteiger partial charge in [-0.15, -0.1) is 0 Å². The summed E-state index contributed by atoms with van der Waals surface area (Å²) >= 11 is 0. The summed E-state index contributed by atoms with van der Waals surface area (Å²) in [6.07, 6.45) is 6.45. The van der Waals surface area contributed by atoms with Crippen molar-refractivity contribution in [3.05, 3.63) is 108 Å². The third-order valence-corrected chi connectivity index (χ3v) is 6.40. The third-order valence-electron chi connectivity index (χ3n) is 6.40. The summed E-state index contributed by atoms with van der Waals surface area (Å²) in [7, 11) is 0. The Labute approximate surface area is 189 Å². The van der Waals surface area contributed by atoms with E-state index in [0.29, 0.717) is 0 Å². The zero-order valence-corrected chi connectivity index (χ0v) is 18.2. The van der Waals surface area contributed by atoms with Crippen LogP contribution in [0.2, 0.25) is 0 Å². The summed E-state index contributed by atoms with van der Waals surface area (Å²) in [4.78, 5) is 2.51. The topological polar surface area (TPSA) is 17.4 Å². The third kappa shape index (κ3) is 4.93. The average molecular weight is 429 g/mol. The Hall–Kier alpha value is -2.95. The molecule has 0 N–H and O–H groups in total. The van der Waals surface area contributed by atoms with Gasteiger partial charge in [0.25, 0.3) is 0 Å². The van der Waals surface area contributed by atoms with Crippen molar-refractivity contribution in [1.82, 2.24) is 9.47 Å². The second-order valence-electron chi connectivity index (χ2n) is 8.65. The summed E-state index contributed by atoms with van der Waals surface area (Å²) in [5.74, 6) is -0.179. The Morgan fingerprint density at radius 3 is 2.06 bits per heavy atom. The van der Waals surface area contributed by atoms with Crippen LogP contribution in [0.3, 0.4) is 0 Å². The van der Waals surface area contributed by atoms with E-state index in [0.717, 1.165) is 49.8 Å². The van der Waals surface area contributed by atoms with Crippen LogP contribution in [-0.2, 0) is 11.3 Å². The highest BCUT2D eigenvalue weighted by Gasteiger charge is 2.24. The molecule has 3 nitrogen and oxygen atoms in total. The molecule has 32 heavy (non-hydrogen) atoms. The summed E-state index contributed by atoms with van der Waals surface area (Å²) in [5.41, 5.74) is 2.41. The van der Waals surface area contributed by atoms with Crippen molar-refractivity contribution in [2.75, 3.05) is 19.6 Å². The van der Waals surface area contributed by atoms with Crippen molar-refractivity contribution >= 4 is 10.8 Å². The molecule has 1 saturated heterocycles. The Morgan fingerprint density at radius 2 is 1.41 bits per heavy atom. The first-order chi connectivity index (χ1) is 15.7. The summed E-state index contributed by atoms with van der Waals surface area (Å²) in [6, 6.07) is 26.0. The molecule has 4 aromatic rings.